The zero-order chi connectivity index (χ0) is 83.0. The molecule has 612 valence electrons. The fourth-order valence-electron chi connectivity index (χ4n) is 13.2. The van der Waals surface area contributed by atoms with E-state index in [1.54, 1.807) is 37.3 Å². The minimum atomic E-state index is -2.03. The Balaban J connectivity index is 1.64. The smallest absolute Gasteiger partial charge is 0.326 e. The second-order valence-electron chi connectivity index (χ2n) is 29.0. The molecule has 16 atom stereocenters. The van der Waals surface area contributed by atoms with E-state index in [4.69, 9.17) is 11.5 Å². The third-order valence-electron chi connectivity index (χ3n) is 20.3. The molecule has 5 rings (SSSR count). The number of nitrogens with zero attached hydrogens (tertiary/aromatic N) is 5. The van der Waals surface area contributed by atoms with E-state index in [0.717, 1.165) is 38.8 Å². The molecular weight excluding hydrogens is 1450 g/mol. The second kappa shape index (κ2) is 42.6. The highest BCUT2D eigenvalue weighted by atomic mass is 19.1. The maximum Gasteiger partial charge on any atom is 0.326 e. The number of aliphatic carboxylic acids is 1. The first kappa shape index (κ1) is 91.1. The minimum Gasteiger partial charge on any atom is -0.505 e. The molecule has 111 heavy (non-hydrogen) atoms. The highest BCUT2D eigenvalue weighted by Gasteiger charge is 2.46. The van der Waals surface area contributed by atoms with E-state index in [9.17, 15) is 97.5 Å². The van der Waals surface area contributed by atoms with Crippen molar-refractivity contribution < 1.29 is 107 Å². The fourth-order valence-corrected chi connectivity index (χ4v) is 13.2. The number of urea groups is 1. The highest BCUT2D eigenvalue weighted by Crippen LogP contribution is 2.29. The summed E-state index contributed by atoms with van der Waals surface area (Å²) in [5, 5.41) is 72.4. The molecule has 0 aromatic heterocycles. The zero-order valence-corrected chi connectivity index (χ0v) is 64.2. The van der Waals surface area contributed by atoms with Crippen molar-refractivity contribution >= 4 is 100 Å². The lowest BCUT2D eigenvalue weighted by atomic mass is 9.84. The quantitative estimate of drug-likeness (QED) is 0.0352. The molecule has 0 radical (unpaired) electrons. The third kappa shape index (κ3) is 26.0. The van der Waals surface area contributed by atoms with Crippen LogP contribution in [0.5, 0.6) is 5.75 Å². The summed E-state index contributed by atoms with van der Waals surface area (Å²) in [5.41, 5.74) is 11.5. The number of carbonyl (C=O) groups excluding carboxylic acids is 15. The number of rotatable bonds is 21. The lowest BCUT2D eigenvalue weighted by Gasteiger charge is -2.34. The van der Waals surface area contributed by atoms with Crippen molar-refractivity contribution in [3.05, 3.63) is 65.5 Å². The van der Waals surface area contributed by atoms with Gasteiger partial charge in [-0.25, -0.2) is 14.0 Å². The molecule has 0 aliphatic carbocycles. The number of ketones is 2. The average Bonchev–Trinajstić information content (AvgIpc) is 1.75. The number of likely N-dealkylation sites (tertiary alicyclic amines) is 1. The molecule has 14 amide bonds. The van der Waals surface area contributed by atoms with Crippen LogP contribution < -0.4 is 54.0 Å². The van der Waals surface area contributed by atoms with E-state index in [-0.39, 0.29) is 82.4 Å². The van der Waals surface area contributed by atoms with Gasteiger partial charge >= 0.3 is 12.0 Å². The molecule has 0 spiro atoms. The summed E-state index contributed by atoms with van der Waals surface area (Å²) < 4.78 is 15.0. The summed E-state index contributed by atoms with van der Waals surface area (Å²) in [6, 6.07) is -8.56. The fraction of sp³-hybridized carbons (Fsp3) is 0.608. The number of primary amides is 1. The Labute approximate surface area is 642 Å². The van der Waals surface area contributed by atoms with E-state index in [0.29, 0.717) is 5.56 Å². The van der Waals surface area contributed by atoms with Crippen LogP contribution in [0, 0.1) is 29.5 Å². The summed E-state index contributed by atoms with van der Waals surface area (Å²) in [5.74, 6) is -22.6. The van der Waals surface area contributed by atoms with Crippen LogP contribution in [0.15, 0.2) is 53.5 Å². The monoisotopic (exact) mass is 1560 g/mol. The number of amides is 14. The Morgan fingerprint density at radius 2 is 1.29 bits per heavy atom. The molecule has 36 nitrogen and oxygen atoms in total. The summed E-state index contributed by atoms with van der Waals surface area (Å²) in [6.45, 7) is 9.95. The highest BCUT2D eigenvalue weighted by molar-refractivity contribution is 6.03. The molecule has 2 aromatic carbocycles. The number of fused-ring (bicyclic) bond motifs is 1. The molecule has 0 bridgehead atoms. The van der Waals surface area contributed by atoms with Gasteiger partial charge in [0.25, 0.3) is 5.91 Å². The molecule has 0 saturated carbocycles. The van der Waals surface area contributed by atoms with Gasteiger partial charge in [0.05, 0.1) is 48.9 Å². The standard InChI is InChI=1S/C74H108FN15O21/c1-11-38(4)62-69(105)84-61(37(2)3)68(104)81-51(71(107)89-28-16-21-53(89)66(102)79-49(73(109)110)20-15-27-78-42(8)76)35-60(98)87(9)39(5)57(95)33-45(40(6)92)58(96)34-46(41(7)93)70(106)90-29-17-22-54(90)72(108)88(10)55(32-43-18-13-12-14-19-43)67(103)86-74(111)83-48(24-26-59(77)97)63(99)82-52(36-91)65(101)80-50(64(100)85-62)31-44-23-25-56(94)47(75)30-44/h12-14,18-19,23,25,30,37-41,45-46,48-55,61-62,91-94H,11,15-17,20-22,24,26-29,31-36H2,1-10H3,(H2,76,78)(H2,77,97)(H,79,102)(H,80,101)(H,81,104)(H,82,99)(H,84,105)(H,85,100)(H,109,110)(H2,83,86,103,111)/t38-,39-,40+,41+,45-,46-,48-,49-,50-,51-,52-,53-,54-,55-,61-,62-/m0/s1. The van der Waals surface area contributed by atoms with E-state index in [2.05, 4.69) is 47.5 Å². The van der Waals surface area contributed by atoms with Gasteiger partial charge in [0.15, 0.2) is 17.3 Å². The number of aromatic hydroxyl groups is 1. The summed E-state index contributed by atoms with van der Waals surface area (Å²) >= 11 is 0. The van der Waals surface area contributed by atoms with E-state index in [1.165, 1.54) is 61.6 Å². The van der Waals surface area contributed by atoms with Crippen molar-refractivity contribution in [2.45, 2.75) is 224 Å². The minimum absolute atomic E-state index is 0.00497. The number of likely N-dealkylation sites (N-methyl/N-ethyl adjacent to an activating group) is 2. The zero-order valence-electron chi connectivity index (χ0n) is 64.2. The van der Waals surface area contributed by atoms with Gasteiger partial charge in [-0.05, 0) is 108 Å². The predicted octanol–water partition coefficient (Wildman–Crippen LogP) is -2.41. The lowest BCUT2D eigenvalue weighted by molar-refractivity contribution is -0.151. The van der Waals surface area contributed by atoms with Gasteiger partial charge in [-0.15, -0.1) is 0 Å². The van der Waals surface area contributed by atoms with E-state index >= 15 is 9.18 Å². The number of carbonyl (C=O) groups is 16. The Hall–Kier alpha value is -10.6. The summed E-state index contributed by atoms with van der Waals surface area (Å²) in [4.78, 5) is 237. The number of nitrogens with two attached hydrogens (primary N) is 2. The van der Waals surface area contributed by atoms with Gasteiger partial charge in [-0.3, -0.25) is 77.4 Å². The number of aliphatic hydroxyl groups excluding tert-OH is 3. The van der Waals surface area contributed by atoms with Crippen molar-refractivity contribution in [3.63, 3.8) is 0 Å². The first-order valence-electron chi connectivity index (χ1n) is 37.1. The van der Waals surface area contributed by atoms with Crippen LogP contribution in [0.3, 0.4) is 0 Å². The number of benzene rings is 2. The summed E-state index contributed by atoms with van der Waals surface area (Å²) in [6.07, 6.45) is -7.33. The number of hydrogen-bond donors (Lipinski definition) is 15. The normalized spacial score (nSPS) is 26.1. The maximum absolute atomic E-state index is 15.2. The van der Waals surface area contributed by atoms with Crippen molar-refractivity contribution in [1.82, 2.24) is 62.1 Å². The largest absolute Gasteiger partial charge is 0.505 e. The first-order valence-corrected chi connectivity index (χ1v) is 37.1. The van der Waals surface area contributed by atoms with Gasteiger partial charge in [-0.2, -0.15) is 0 Å². The molecule has 3 saturated heterocycles. The third-order valence-corrected chi connectivity index (χ3v) is 20.3. The van der Waals surface area contributed by atoms with Crippen LogP contribution in [-0.2, 0) is 84.8 Å². The van der Waals surface area contributed by atoms with Crippen LogP contribution in [0.1, 0.15) is 144 Å². The molecule has 0 unspecified atom stereocenters. The van der Waals surface area contributed by atoms with Crippen LogP contribution in [-0.4, -0.2) is 264 Å². The molecule has 3 aliphatic rings. The number of imide groups is 1. The number of phenolic OH excluding ortho intramolecular Hbond substituents is 1. The number of aliphatic imine (C=N–C) groups is 1. The Morgan fingerprint density at radius 1 is 0.685 bits per heavy atom. The van der Waals surface area contributed by atoms with Crippen LogP contribution >= 0.6 is 0 Å². The number of carboxylic acid groups (broad SMARTS) is 1. The van der Waals surface area contributed by atoms with Gasteiger partial charge in [0.2, 0.25) is 65.0 Å². The van der Waals surface area contributed by atoms with Crippen LogP contribution in [0.2, 0.25) is 0 Å². The Morgan fingerprint density at radius 3 is 1.88 bits per heavy atom. The molecule has 37 heteroatoms. The number of amidine groups is 1. The number of Topliss-reactive ketones (excluding diaryl/α,β-unsaturated/α-hetero) is 2. The molecule has 3 fully saturated rings. The van der Waals surface area contributed by atoms with Crippen molar-refractivity contribution in [2.75, 3.05) is 40.3 Å². The van der Waals surface area contributed by atoms with Crippen LogP contribution in [0.4, 0.5) is 9.18 Å². The second-order valence-corrected chi connectivity index (χ2v) is 29.0. The Bertz CT molecular complexity index is 3750. The molecule has 2 aromatic rings. The predicted molar refractivity (Wildman–Crippen MR) is 395 cm³/mol. The topological polar surface area (TPSA) is 548 Å². The number of phenols is 1. The lowest BCUT2D eigenvalue weighted by Crippen LogP contribution is -2.62. The van der Waals surface area contributed by atoms with Gasteiger partial charge in [0.1, 0.15) is 66.2 Å². The van der Waals surface area contributed by atoms with Gasteiger partial charge < -0.3 is 93.8 Å². The Kier molecular flexibility index (Phi) is 34.9. The number of aliphatic hydroxyl groups is 3. The number of halogens is 1. The van der Waals surface area contributed by atoms with Crippen LogP contribution in [0.25, 0.3) is 0 Å². The van der Waals surface area contributed by atoms with Crippen molar-refractivity contribution in [3.8, 4) is 5.75 Å². The molecule has 17 N–H and O–H groups in total. The van der Waals surface area contributed by atoms with Gasteiger partial charge in [-0.1, -0.05) is 70.5 Å². The van der Waals surface area contributed by atoms with Crippen molar-refractivity contribution in [2.24, 2.45) is 40.1 Å². The number of carboxylic acids is 1. The first-order chi connectivity index (χ1) is 52.2. The van der Waals surface area contributed by atoms with E-state index in [1.807, 2.05) is 0 Å². The van der Waals surface area contributed by atoms with Gasteiger partial charge in [0, 0.05) is 65.8 Å². The van der Waals surface area contributed by atoms with E-state index < -0.39 is 253 Å². The molecule has 3 heterocycles. The number of hydrogen-bond acceptors (Lipinski definition) is 21. The molecule has 3 aliphatic heterocycles. The number of nitrogens with one attached hydrogen (secondary N) is 8. The average molecular weight is 1560 g/mol. The summed E-state index contributed by atoms with van der Waals surface area (Å²) in [7, 11) is 2.38. The molecular formula is C74H108FN15O21. The SMILES string of the molecule is CC[C@H](C)[C@@H]1NC(=O)[C@H](Cc2ccc(O)c(F)c2)NC(=O)[C@H](CO)NC(=O)[C@H](CCC(N)=O)NC(=O)NC(=O)[C@H](Cc2ccccc2)N(C)C(=O)[C@@H]2CCCN2C(=O)[C@H]([C@@H](C)O)CC(=O)[C@H]([C@@H](C)O)CC(=O)[C@H](C)N(C)C(=O)C[C@@H](C(=O)N2CCC[C@H]2C(=O)N[C@@H](CCCN=C(C)N)C(=O)O)NC(=O)[C@H](C(C)C)NC1=O. The van der Waals surface area contributed by atoms with Crippen molar-refractivity contribution in [1.29, 1.82) is 0 Å². The maximum atomic E-state index is 15.2.